The molecule has 0 fully saturated rings. The van der Waals surface area contributed by atoms with Gasteiger partial charge in [0.15, 0.2) is 0 Å². The maximum absolute atomic E-state index is 12.6. The lowest BCUT2D eigenvalue weighted by atomic mass is 10.1. The Morgan fingerprint density at radius 3 is 2.55 bits per heavy atom. The maximum atomic E-state index is 12.6. The minimum absolute atomic E-state index is 0.146. The lowest BCUT2D eigenvalue weighted by molar-refractivity contribution is 0.102. The normalized spacial score (nSPS) is 10.5. The number of rotatable bonds is 3. The van der Waals surface area contributed by atoms with Crippen molar-refractivity contribution >= 4 is 22.5 Å². The summed E-state index contributed by atoms with van der Waals surface area (Å²) >= 11 is 0. The second-order valence-corrected chi connectivity index (χ2v) is 5.01. The number of hydrogen-bond acceptors (Lipinski definition) is 3. The fourth-order valence-corrected chi connectivity index (χ4v) is 2.37. The molecule has 22 heavy (non-hydrogen) atoms. The molecule has 1 aromatic heterocycles. The molecule has 0 aliphatic carbocycles. The largest absolute Gasteiger partial charge is 0.497 e. The van der Waals surface area contributed by atoms with Gasteiger partial charge < -0.3 is 10.1 Å². The minimum atomic E-state index is -0.146. The third-order valence-corrected chi connectivity index (χ3v) is 3.44. The summed E-state index contributed by atoms with van der Waals surface area (Å²) in [6.07, 6.45) is 0. The van der Waals surface area contributed by atoms with E-state index in [1.54, 1.807) is 13.2 Å². The molecule has 4 nitrogen and oxygen atoms in total. The van der Waals surface area contributed by atoms with E-state index < -0.39 is 0 Å². The van der Waals surface area contributed by atoms with Crippen molar-refractivity contribution in [3.63, 3.8) is 0 Å². The van der Waals surface area contributed by atoms with E-state index in [2.05, 4.69) is 10.3 Å². The number of carbonyl (C=O) groups is 1. The lowest BCUT2D eigenvalue weighted by Gasteiger charge is -2.09. The molecule has 0 saturated carbocycles. The summed E-state index contributed by atoms with van der Waals surface area (Å²) in [6, 6.07) is 16.7. The van der Waals surface area contributed by atoms with Gasteiger partial charge in [-0.05, 0) is 43.3 Å². The molecule has 1 N–H and O–H groups in total. The van der Waals surface area contributed by atoms with Gasteiger partial charge in [0.1, 0.15) is 5.75 Å². The molecule has 0 atom stereocenters. The number of anilines is 1. The van der Waals surface area contributed by atoms with Crippen molar-refractivity contribution in [3.8, 4) is 5.75 Å². The van der Waals surface area contributed by atoms with Gasteiger partial charge in [0.05, 0.1) is 18.2 Å². The molecule has 0 aliphatic rings. The number of para-hydroxylation sites is 1. The molecule has 0 saturated heterocycles. The van der Waals surface area contributed by atoms with Crippen LogP contribution in [0.5, 0.6) is 5.75 Å². The van der Waals surface area contributed by atoms with Gasteiger partial charge in [0.25, 0.3) is 5.91 Å². The van der Waals surface area contributed by atoms with E-state index in [4.69, 9.17) is 4.74 Å². The molecule has 0 unspecified atom stereocenters. The molecular formula is C18H16N2O2. The van der Waals surface area contributed by atoms with Gasteiger partial charge >= 0.3 is 0 Å². The highest BCUT2D eigenvalue weighted by molar-refractivity contribution is 6.12. The Labute approximate surface area is 128 Å². The van der Waals surface area contributed by atoms with E-state index in [9.17, 15) is 4.79 Å². The monoisotopic (exact) mass is 292 g/mol. The molecular weight excluding hydrogens is 276 g/mol. The van der Waals surface area contributed by atoms with Crippen LogP contribution in [0.25, 0.3) is 10.9 Å². The predicted molar refractivity (Wildman–Crippen MR) is 87.4 cm³/mol. The van der Waals surface area contributed by atoms with Crippen molar-refractivity contribution in [2.24, 2.45) is 0 Å². The molecule has 1 amide bonds. The summed E-state index contributed by atoms with van der Waals surface area (Å²) in [4.78, 5) is 17.0. The Morgan fingerprint density at radius 1 is 1.09 bits per heavy atom. The Kier molecular flexibility index (Phi) is 3.74. The Bertz CT molecular complexity index is 826. The van der Waals surface area contributed by atoms with Crippen LogP contribution in [-0.4, -0.2) is 18.0 Å². The average molecular weight is 292 g/mol. The molecule has 2 aromatic carbocycles. The molecule has 4 heteroatoms. The van der Waals surface area contributed by atoms with Crippen LogP contribution in [0.15, 0.2) is 54.6 Å². The number of carbonyl (C=O) groups excluding carboxylic acids is 1. The van der Waals surface area contributed by atoms with Gasteiger partial charge in [-0.2, -0.15) is 0 Å². The van der Waals surface area contributed by atoms with Crippen LogP contribution in [0.3, 0.4) is 0 Å². The van der Waals surface area contributed by atoms with Crippen LogP contribution in [0.2, 0.25) is 0 Å². The topological polar surface area (TPSA) is 51.2 Å². The van der Waals surface area contributed by atoms with Crippen molar-refractivity contribution in [3.05, 3.63) is 65.9 Å². The average Bonchev–Trinajstić information content (AvgIpc) is 2.54. The molecule has 0 radical (unpaired) electrons. The number of nitrogens with one attached hydrogen (secondary N) is 1. The first-order valence-electron chi connectivity index (χ1n) is 6.99. The zero-order valence-corrected chi connectivity index (χ0v) is 12.5. The molecule has 110 valence electrons. The van der Waals surface area contributed by atoms with Gasteiger partial charge in [0, 0.05) is 16.8 Å². The number of nitrogens with zero attached hydrogens (tertiary/aromatic N) is 1. The summed E-state index contributed by atoms with van der Waals surface area (Å²) < 4.78 is 5.11. The van der Waals surface area contributed by atoms with E-state index >= 15 is 0 Å². The number of aryl methyl sites for hydroxylation is 1. The van der Waals surface area contributed by atoms with Crippen LogP contribution in [-0.2, 0) is 0 Å². The molecule has 0 aliphatic heterocycles. The number of aromatic nitrogens is 1. The number of fused-ring (bicyclic) bond motifs is 1. The smallest absolute Gasteiger partial charge is 0.256 e. The second-order valence-electron chi connectivity index (χ2n) is 5.01. The van der Waals surface area contributed by atoms with Gasteiger partial charge in [-0.25, -0.2) is 0 Å². The van der Waals surface area contributed by atoms with E-state index in [1.807, 2.05) is 55.5 Å². The number of amides is 1. The van der Waals surface area contributed by atoms with E-state index in [0.29, 0.717) is 5.56 Å². The molecule has 0 bridgehead atoms. The Balaban J connectivity index is 1.94. The third-order valence-electron chi connectivity index (χ3n) is 3.44. The van der Waals surface area contributed by atoms with Crippen molar-refractivity contribution in [1.82, 2.24) is 4.98 Å². The predicted octanol–water partition coefficient (Wildman–Crippen LogP) is 3.80. The fourth-order valence-electron chi connectivity index (χ4n) is 2.37. The summed E-state index contributed by atoms with van der Waals surface area (Å²) in [5.74, 6) is 0.607. The van der Waals surface area contributed by atoms with Crippen molar-refractivity contribution in [2.75, 3.05) is 12.4 Å². The first kappa shape index (κ1) is 14.1. The zero-order valence-electron chi connectivity index (χ0n) is 12.5. The van der Waals surface area contributed by atoms with Crippen LogP contribution < -0.4 is 10.1 Å². The van der Waals surface area contributed by atoms with Gasteiger partial charge in [0.2, 0.25) is 0 Å². The standard InChI is InChI=1S/C18H16N2O2/c1-12-11-16(15-5-3-4-6-17(15)19-12)18(21)20-13-7-9-14(22-2)10-8-13/h3-11H,1-2H3,(H,20,21). The first-order valence-corrected chi connectivity index (χ1v) is 6.99. The van der Waals surface area contributed by atoms with Crippen LogP contribution in [0.4, 0.5) is 5.69 Å². The highest BCUT2D eigenvalue weighted by Crippen LogP contribution is 2.21. The summed E-state index contributed by atoms with van der Waals surface area (Å²) in [7, 11) is 1.61. The lowest BCUT2D eigenvalue weighted by Crippen LogP contribution is -2.13. The minimum Gasteiger partial charge on any atom is -0.497 e. The van der Waals surface area contributed by atoms with E-state index in [-0.39, 0.29) is 5.91 Å². The van der Waals surface area contributed by atoms with Gasteiger partial charge in [-0.1, -0.05) is 18.2 Å². The van der Waals surface area contributed by atoms with Crippen LogP contribution in [0, 0.1) is 6.92 Å². The Morgan fingerprint density at radius 2 is 1.82 bits per heavy atom. The summed E-state index contributed by atoms with van der Waals surface area (Å²) in [5.41, 5.74) is 2.99. The number of benzene rings is 2. The maximum Gasteiger partial charge on any atom is 0.256 e. The number of methoxy groups -OCH3 is 1. The van der Waals surface area contributed by atoms with Crippen LogP contribution >= 0.6 is 0 Å². The molecule has 0 spiro atoms. The van der Waals surface area contributed by atoms with Gasteiger partial charge in [-0.3, -0.25) is 9.78 Å². The zero-order chi connectivity index (χ0) is 15.5. The highest BCUT2D eigenvalue weighted by Gasteiger charge is 2.12. The SMILES string of the molecule is COc1ccc(NC(=O)c2cc(C)nc3ccccc23)cc1. The summed E-state index contributed by atoms with van der Waals surface area (Å²) in [6.45, 7) is 1.89. The van der Waals surface area contributed by atoms with Crippen LogP contribution in [0.1, 0.15) is 16.1 Å². The number of ether oxygens (including phenoxy) is 1. The number of pyridine rings is 1. The van der Waals surface area contributed by atoms with E-state index in [0.717, 1.165) is 28.0 Å². The van der Waals surface area contributed by atoms with Crippen molar-refractivity contribution in [1.29, 1.82) is 0 Å². The van der Waals surface area contributed by atoms with Crippen molar-refractivity contribution < 1.29 is 9.53 Å². The molecule has 3 rings (SSSR count). The quantitative estimate of drug-likeness (QED) is 0.798. The molecule has 3 aromatic rings. The summed E-state index contributed by atoms with van der Waals surface area (Å²) in [5, 5.41) is 3.75. The molecule has 1 heterocycles. The second kappa shape index (κ2) is 5.85. The fraction of sp³-hybridized carbons (Fsp3) is 0.111. The highest BCUT2D eigenvalue weighted by atomic mass is 16.5. The van der Waals surface area contributed by atoms with E-state index in [1.165, 1.54) is 0 Å². The first-order chi connectivity index (χ1) is 10.7. The van der Waals surface area contributed by atoms with Crippen molar-refractivity contribution in [2.45, 2.75) is 6.92 Å². The third kappa shape index (κ3) is 2.76. The van der Waals surface area contributed by atoms with Gasteiger partial charge in [-0.15, -0.1) is 0 Å². The number of hydrogen-bond donors (Lipinski definition) is 1. The Hall–Kier alpha value is -2.88.